The summed E-state index contributed by atoms with van der Waals surface area (Å²) in [6.07, 6.45) is -0.321. The van der Waals surface area contributed by atoms with Crippen molar-refractivity contribution in [2.45, 2.75) is 53.2 Å². The summed E-state index contributed by atoms with van der Waals surface area (Å²) in [6, 6.07) is 15.6. The molecule has 0 aliphatic carbocycles. The summed E-state index contributed by atoms with van der Waals surface area (Å²) < 4.78 is 24.4. The van der Waals surface area contributed by atoms with Crippen LogP contribution in [0.4, 0.5) is 20.6 Å². The topological polar surface area (TPSA) is 72.9 Å². The molecule has 3 aromatic rings. The predicted molar refractivity (Wildman–Crippen MR) is 141 cm³/mol. The van der Waals surface area contributed by atoms with Crippen molar-refractivity contribution in [3.8, 4) is 0 Å². The Morgan fingerprint density at radius 1 is 0.946 bits per heavy atom. The Bertz CT molecular complexity index is 1310. The predicted octanol–water partition coefficient (Wildman–Crippen LogP) is 7.68. The van der Waals surface area contributed by atoms with Crippen LogP contribution in [-0.4, -0.2) is 24.1 Å². The van der Waals surface area contributed by atoms with Crippen molar-refractivity contribution in [3.63, 3.8) is 0 Å². The molecule has 8 heteroatoms. The van der Waals surface area contributed by atoms with Crippen molar-refractivity contribution in [1.29, 1.82) is 0 Å². The van der Waals surface area contributed by atoms with Gasteiger partial charge in [-0.15, -0.1) is 0 Å². The Morgan fingerprint density at radius 2 is 1.68 bits per heavy atom. The minimum absolute atomic E-state index is 0.127. The van der Waals surface area contributed by atoms with Crippen LogP contribution >= 0.6 is 11.6 Å². The van der Waals surface area contributed by atoms with Gasteiger partial charge in [0.15, 0.2) is 5.78 Å². The summed E-state index contributed by atoms with van der Waals surface area (Å²) in [6.45, 7) is 6.87. The molecule has 0 aromatic heterocycles. The van der Waals surface area contributed by atoms with Gasteiger partial charge in [0.05, 0.1) is 16.4 Å². The maximum Gasteiger partial charge on any atom is 0.422 e. The third-order valence-electron chi connectivity index (χ3n) is 5.73. The second kappa shape index (κ2) is 12.5. The lowest BCUT2D eigenvalue weighted by molar-refractivity contribution is -0.164. The average molecular weight is 526 g/mol. The first-order valence-corrected chi connectivity index (χ1v) is 12.4. The molecule has 0 N–H and O–H groups in total. The van der Waals surface area contributed by atoms with Crippen molar-refractivity contribution in [1.82, 2.24) is 0 Å². The zero-order valence-electron chi connectivity index (χ0n) is 21.2. The van der Waals surface area contributed by atoms with Crippen molar-refractivity contribution in [2.24, 2.45) is 0 Å². The van der Waals surface area contributed by atoms with Crippen LogP contribution < -0.4 is 4.90 Å². The maximum absolute atomic E-state index is 13.8. The molecule has 0 fully saturated rings. The molecule has 194 valence electrons. The molecular weight excluding hydrogens is 497 g/mol. The van der Waals surface area contributed by atoms with E-state index in [1.165, 1.54) is 42.2 Å². The third kappa shape index (κ3) is 6.95. The second-order valence-electron chi connectivity index (χ2n) is 8.62. The van der Waals surface area contributed by atoms with Crippen LogP contribution in [0.25, 0.3) is 0 Å². The minimum atomic E-state index is -1.16. The van der Waals surface area contributed by atoms with Crippen LogP contribution in [0.15, 0.2) is 60.7 Å². The van der Waals surface area contributed by atoms with E-state index in [4.69, 9.17) is 21.1 Å². The van der Waals surface area contributed by atoms with Gasteiger partial charge in [-0.1, -0.05) is 49.2 Å². The van der Waals surface area contributed by atoms with Gasteiger partial charge in [-0.2, -0.15) is 0 Å². The van der Waals surface area contributed by atoms with Gasteiger partial charge in [-0.05, 0) is 67.8 Å². The molecule has 0 radical (unpaired) electrons. The molecule has 0 spiro atoms. The number of aryl methyl sites for hydroxylation is 2. The zero-order valence-corrected chi connectivity index (χ0v) is 22.0. The summed E-state index contributed by atoms with van der Waals surface area (Å²) in [4.78, 5) is 39.6. The quantitative estimate of drug-likeness (QED) is 0.163. The fourth-order valence-electron chi connectivity index (χ4n) is 3.80. The number of halogens is 2. The van der Waals surface area contributed by atoms with Gasteiger partial charge in [0.1, 0.15) is 5.82 Å². The van der Waals surface area contributed by atoms with E-state index in [0.29, 0.717) is 23.2 Å². The van der Waals surface area contributed by atoms with Gasteiger partial charge in [0.25, 0.3) is 0 Å². The highest BCUT2D eigenvalue weighted by molar-refractivity contribution is 6.35. The SMILES string of the molecule is CCCCC(=O)OC(C)OC(=O)N(c1ccc(C(=O)c2ccccc2C)c(Cl)c1)c1ccc(F)cc1C. The molecule has 3 aromatic carbocycles. The van der Waals surface area contributed by atoms with Crippen LogP contribution in [-0.2, 0) is 14.3 Å². The smallest absolute Gasteiger partial charge is 0.422 e. The summed E-state index contributed by atoms with van der Waals surface area (Å²) in [5, 5.41) is 0.127. The van der Waals surface area contributed by atoms with Crippen molar-refractivity contribution in [2.75, 3.05) is 4.90 Å². The molecular formula is C29H29ClFNO5. The third-order valence-corrected chi connectivity index (χ3v) is 6.04. The Hall–Kier alpha value is -3.71. The van der Waals surface area contributed by atoms with Crippen molar-refractivity contribution >= 4 is 40.8 Å². The van der Waals surface area contributed by atoms with E-state index in [1.807, 2.05) is 26.0 Å². The van der Waals surface area contributed by atoms with Crippen LogP contribution in [0.2, 0.25) is 5.02 Å². The number of carbonyl (C=O) groups excluding carboxylic acids is 3. The summed E-state index contributed by atoms with van der Waals surface area (Å²) in [7, 11) is 0. The molecule has 0 saturated heterocycles. The number of hydrogen-bond donors (Lipinski definition) is 0. The van der Waals surface area contributed by atoms with E-state index in [0.717, 1.165) is 12.0 Å². The number of carbonyl (C=O) groups is 3. The Labute approximate surface area is 221 Å². The normalized spacial score (nSPS) is 11.5. The van der Waals surface area contributed by atoms with Crippen molar-refractivity contribution in [3.05, 3.63) is 93.8 Å². The van der Waals surface area contributed by atoms with Crippen LogP contribution in [0.1, 0.15) is 60.2 Å². The molecule has 0 aliphatic rings. The first-order valence-electron chi connectivity index (χ1n) is 12.0. The minimum Gasteiger partial charge on any atom is -0.425 e. The molecule has 0 aliphatic heterocycles. The number of ketones is 1. The molecule has 1 atom stereocenters. The average Bonchev–Trinajstić information content (AvgIpc) is 2.84. The standard InChI is InChI=1S/C29H29ClFNO5/c1-5-6-11-27(33)36-20(4)37-29(35)32(26-15-12-21(31)16-19(26)3)22-13-14-24(25(30)17-22)28(34)23-10-8-7-9-18(23)2/h7-10,12-17,20H,5-6,11H2,1-4H3. The highest BCUT2D eigenvalue weighted by Crippen LogP contribution is 2.34. The first kappa shape index (κ1) is 27.9. The molecule has 0 heterocycles. The second-order valence-corrected chi connectivity index (χ2v) is 9.03. The highest BCUT2D eigenvalue weighted by atomic mass is 35.5. The number of amides is 1. The monoisotopic (exact) mass is 525 g/mol. The van der Waals surface area contributed by atoms with Gasteiger partial charge in [0.2, 0.25) is 6.29 Å². The van der Waals surface area contributed by atoms with Crippen LogP contribution in [0, 0.1) is 19.7 Å². The molecule has 0 saturated carbocycles. The van der Waals surface area contributed by atoms with E-state index in [1.54, 1.807) is 25.1 Å². The molecule has 37 heavy (non-hydrogen) atoms. The number of rotatable bonds is 9. The number of esters is 1. The van der Waals surface area contributed by atoms with Gasteiger partial charge >= 0.3 is 12.1 Å². The van der Waals surface area contributed by atoms with Gasteiger partial charge in [0, 0.05) is 24.5 Å². The van der Waals surface area contributed by atoms with Crippen LogP contribution in [0.3, 0.4) is 0 Å². The molecule has 1 amide bonds. The number of hydrogen-bond acceptors (Lipinski definition) is 5. The van der Waals surface area contributed by atoms with E-state index in [-0.39, 0.29) is 28.5 Å². The van der Waals surface area contributed by atoms with E-state index >= 15 is 0 Å². The van der Waals surface area contributed by atoms with E-state index < -0.39 is 24.2 Å². The van der Waals surface area contributed by atoms with E-state index in [2.05, 4.69) is 0 Å². The lowest BCUT2D eigenvalue weighted by atomic mass is 9.99. The Kier molecular flexibility index (Phi) is 9.42. The molecule has 3 rings (SSSR count). The summed E-state index contributed by atoms with van der Waals surface area (Å²) in [5.74, 6) is -1.20. The number of benzene rings is 3. The van der Waals surface area contributed by atoms with Gasteiger partial charge in [-0.3, -0.25) is 9.59 Å². The van der Waals surface area contributed by atoms with Gasteiger partial charge in [-0.25, -0.2) is 14.1 Å². The lowest BCUT2D eigenvalue weighted by Crippen LogP contribution is -2.32. The number of anilines is 2. The number of unbranched alkanes of at least 4 members (excludes halogenated alkanes) is 1. The molecule has 1 unspecified atom stereocenters. The zero-order chi connectivity index (χ0) is 27.1. The maximum atomic E-state index is 13.8. The van der Waals surface area contributed by atoms with E-state index in [9.17, 15) is 18.8 Å². The highest BCUT2D eigenvalue weighted by Gasteiger charge is 2.26. The fraction of sp³-hybridized carbons (Fsp3) is 0.276. The lowest BCUT2D eigenvalue weighted by Gasteiger charge is -2.26. The fourth-order valence-corrected chi connectivity index (χ4v) is 4.06. The summed E-state index contributed by atoms with van der Waals surface area (Å²) in [5.41, 5.74) is 2.67. The van der Waals surface area contributed by atoms with Gasteiger partial charge < -0.3 is 9.47 Å². The van der Waals surface area contributed by atoms with Crippen LogP contribution in [0.5, 0.6) is 0 Å². The first-order chi connectivity index (χ1) is 17.6. The summed E-state index contributed by atoms with van der Waals surface area (Å²) >= 11 is 6.52. The van der Waals surface area contributed by atoms with Crippen molar-refractivity contribution < 1.29 is 28.2 Å². The number of ether oxygens (including phenoxy) is 2. The Morgan fingerprint density at radius 3 is 2.32 bits per heavy atom. The Balaban J connectivity index is 1.95. The largest absolute Gasteiger partial charge is 0.425 e. The molecule has 6 nitrogen and oxygen atoms in total. The number of nitrogens with zero attached hydrogens (tertiary/aromatic N) is 1. The molecule has 0 bridgehead atoms.